The van der Waals surface area contributed by atoms with Gasteiger partial charge in [-0.25, -0.2) is 4.39 Å². The summed E-state index contributed by atoms with van der Waals surface area (Å²) in [5, 5.41) is 0. The highest BCUT2D eigenvalue weighted by Crippen LogP contribution is 2.50. The summed E-state index contributed by atoms with van der Waals surface area (Å²) in [4.78, 5) is 20.0. The Labute approximate surface area is 149 Å². The van der Waals surface area contributed by atoms with Crippen molar-refractivity contribution in [2.75, 3.05) is 39.3 Å². The van der Waals surface area contributed by atoms with Gasteiger partial charge < -0.3 is 4.90 Å². The van der Waals surface area contributed by atoms with Gasteiger partial charge in [-0.3, -0.25) is 14.6 Å². The smallest absolute Gasteiger partial charge is 0.233 e. The molecule has 0 spiro atoms. The van der Waals surface area contributed by atoms with Crippen molar-refractivity contribution in [3.8, 4) is 0 Å². The molecule has 3 aliphatic rings. The lowest BCUT2D eigenvalue weighted by Crippen LogP contribution is -2.65. The van der Waals surface area contributed by atoms with Gasteiger partial charge in [-0.1, -0.05) is 12.1 Å². The fraction of sp³-hybridized carbons (Fsp3) is 0.650. The highest BCUT2D eigenvalue weighted by molar-refractivity contribution is 5.92. The number of halogens is 1. The Kier molecular flexibility index (Phi) is 4.32. The van der Waals surface area contributed by atoms with E-state index in [0.717, 1.165) is 57.7 Å². The molecule has 3 fully saturated rings. The van der Waals surface area contributed by atoms with E-state index < -0.39 is 0 Å². The number of piperazine rings is 1. The van der Waals surface area contributed by atoms with Crippen LogP contribution in [0.15, 0.2) is 24.3 Å². The van der Waals surface area contributed by atoms with Crippen LogP contribution in [0.3, 0.4) is 0 Å². The number of hydrogen-bond acceptors (Lipinski definition) is 3. The van der Waals surface area contributed by atoms with Crippen LogP contribution in [-0.2, 0) is 10.2 Å². The first-order valence-corrected chi connectivity index (χ1v) is 9.53. The largest absolute Gasteiger partial charge is 0.339 e. The van der Waals surface area contributed by atoms with E-state index in [0.29, 0.717) is 12.1 Å². The second kappa shape index (κ2) is 6.36. The van der Waals surface area contributed by atoms with E-state index in [1.807, 2.05) is 4.90 Å². The molecule has 0 radical (unpaired) electrons. The minimum atomic E-state index is -0.366. The van der Waals surface area contributed by atoms with Crippen LogP contribution >= 0.6 is 0 Å². The highest BCUT2D eigenvalue weighted by Gasteiger charge is 2.55. The van der Waals surface area contributed by atoms with Crippen LogP contribution in [0.4, 0.5) is 4.39 Å². The fourth-order valence-corrected chi connectivity index (χ4v) is 4.29. The van der Waals surface area contributed by atoms with E-state index in [4.69, 9.17) is 0 Å². The molecule has 1 saturated carbocycles. The van der Waals surface area contributed by atoms with Gasteiger partial charge in [0.1, 0.15) is 5.82 Å². The first kappa shape index (κ1) is 17.0. The van der Waals surface area contributed by atoms with Gasteiger partial charge in [0.15, 0.2) is 0 Å². The summed E-state index contributed by atoms with van der Waals surface area (Å²) in [6, 6.07) is 7.63. The van der Waals surface area contributed by atoms with Crippen LogP contribution in [-0.4, -0.2) is 72.0 Å². The summed E-state index contributed by atoms with van der Waals surface area (Å²) in [5.74, 6) is 0.00716. The molecule has 2 heterocycles. The van der Waals surface area contributed by atoms with Crippen molar-refractivity contribution in [1.82, 2.24) is 14.7 Å². The number of carbonyl (C=O) groups is 1. The Morgan fingerprint density at radius 1 is 1.08 bits per heavy atom. The molecule has 5 heteroatoms. The third kappa shape index (κ3) is 3.08. The molecule has 25 heavy (non-hydrogen) atoms. The molecule has 0 aromatic heterocycles. The lowest BCUT2D eigenvalue weighted by atomic mass is 9.92. The quantitative estimate of drug-likeness (QED) is 0.836. The van der Waals surface area contributed by atoms with Crippen LogP contribution in [0.1, 0.15) is 32.3 Å². The van der Waals surface area contributed by atoms with Gasteiger partial charge >= 0.3 is 0 Å². The maximum atomic E-state index is 13.2. The first-order valence-electron chi connectivity index (χ1n) is 9.53. The van der Waals surface area contributed by atoms with Gasteiger partial charge in [0.25, 0.3) is 0 Å². The molecule has 4 rings (SSSR count). The molecular formula is C20H28FN3O. The van der Waals surface area contributed by atoms with Gasteiger partial charge in [-0.15, -0.1) is 0 Å². The minimum Gasteiger partial charge on any atom is -0.339 e. The predicted molar refractivity (Wildman–Crippen MR) is 96.0 cm³/mol. The molecule has 1 aliphatic carbocycles. The molecule has 0 unspecified atom stereocenters. The van der Waals surface area contributed by atoms with E-state index in [2.05, 4.69) is 23.6 Å². The zero-order chi connectivity index (χ0) is 17.6. The molecule has 2 saturated heterocycles. The SMILES string of the molecule is CC(C)N1CCN(C2CN(C(=O)C3(c4ccc(F)cc4)CC3)C2)CC1. The third-order valence-electron chi connectivity index (χ3n) is 6.30. The van der Waals surface area contributed by atoms with Crippen molar-refractivity contribution < 1.29 is 9.18 Å². The Morgan fingerprint density at radius 3 is 2.20 bits per heavy atom. The standard InChI is InChI=1S/C20H28FN3O/c1-15(2)22-9-11-23(12-10-22)18-13-24(14-18)19(25)20(7-8-20)16-3-5-17(21)6-4-16/h3-6,15,18H,7-14H2,1-2H3. The summed E-state index contributed by atoms with van der Waals surface area (Å²) in [7, 11) is 0. The Balaban J connectivity index is 1.32. The average Bonchev–Trinajstić information content (AvgIpc) is 3.36. The second-order valence-electron chi connectivity index (χ2n) is 8.12. The zero-order valence-electron chi connectivity index (χ0n) is 15.2. The van der Waals surface area contributed by atoms with Gasteiger partial charge in [0.05, 0.1) is 5.41 Å². The summed E-state index contributed by atoms with van der Waals surface area (Å²) >= 11 is 0. The van der Waals surface area contributed by atoms with Crippen LogP contribution in [0.2, 0.25) is 0 Å². The number of amides is 1. The summed E-state index contributed by atoms with van der Waals surface area (Å²) < 4.78 is 13.2. The second-order valence-corrected chi connectivity index (χ2v) is 8.12. The van der Waals surface area contributed by atoms with Crippen LogP contribution in [0.25, 0.3) is 0 Å². The van der Waals surface area contributed by atoms with Crippen molar-refractivity contribution in [1.29, 1.82) is 0 Å². The van der Waals surface area contributed by atoms with Gasteiger partial charge in [-0.2, -0.15) is 0 Å². The Bertz CT molecular complexity index is 627. The van der Waals surface area contributed by atoms with E-state index in [1.54, 1.807) is 12.1 Å². The van der Waals surface area contributed by atoms with E-state index in [9.17, 15) is 9.18 Å². The molecule has 2 aliphatic heterocycles. The van der Waals surface area contributed by atoms with Gasteiger partial charge in [0.2, 0.25) is 5.91 Å². The molecule has 0 atom stereocenters. The summed E-state index contributed by atoms with van der Waals surface area (Å²) in [6.07, 6.45) is 1.79. The maximum Gasteiger partial charge on any atom is 0.233 e. The van der Waals surface area contributed by atoms with Crippen molar-refractivity contribution in [3.63, 3.8) is 0 Å². The summed E-state index contributed by atoms with van der Waals surface area (Å²) in [6.45, 7) is 10.7. The van der Waals surface area contributed by atoms with E-state index in [-0.39, 0.29) is 17.1 Å². The van der Waals surface area contributed by atoms with Gasteiger partial charge in [-0.05, 0) is 44.4 Å². The lowest BCUT2D eigenvalue weighted by molar-refractivity contribution is -0.142. The Morgan fingerprint density at radius 2 is 1.68 bits per heavy atom. The molecule has 136 valence electrons. The number of rotatable bonds is 4. The fourth-order valence-electron chi connectivity index (χ4n) is 4.29. The summed E-state index contributed by atoms with van der Waals surface area (Å²) in [5.41, 5.74) is 0.613. The minimum absolute atomic E-state index is 0.239. The predicted octanol–water partition coefficient (Wildman–Crippen LogP) is 2.09. The normalized spacial score (nSPS) is 24.4. The van der Waals surface area contributed by atoms with Crippen LogP contribution in [0, 0.1) is 5.82 Å². The number of nitrogens with zero attached hydrogens (tertiary/aromatic N) is 3. The van der Waals surface area contributed by atoms with Crippen LogP contribution in [0.5, 0.6) is 0 Å². The molecule has 0 bridgehead atoms. The lowest BCUT2D eigenvalue weighted by Gasteiger charge is -2.49. The van der Waals surface area contributed by atoms with Crippen molar-refractivity contribution in [3.05, 3.63) is 35.6 Å². The van der Waals surface area contributed by atoms with Crippen molar-refractivity contribution in [2.45, 2.75) is 44.2 Å². The highest BCUT2D eigenvalue weighted by atomic mass is 19.1. The van der Waals surface area contributed by atoms with Crippen LogP contribution < -0.4 is 0 Å². The van der Waals surface area contributed by atoms with Crippen molar-refractivity contribution in [2.24, 2.45) is 0 Å². The van der Waals surface area contributed by atoms with E-state index >= 15 is 0 Å². The Hall–Kier alpha value is -1.46. The number of carbonyl (C=O) groups excluding carboxylic acids is 1. The molecular weight excluding hydrogens is 317 g/mol. The molecule has 0 N–H and O–H groups in total. The molecule has 1 aromatic carbocycles. The number of hydrogen-bond donors (Lipinski definition) is 0. The number of likely N-dealkylation sites (tertiary alicyclic amines) is 1. The molecule has 1 aromatic rings. The monoisotopic (exact) mass is 345 g/mol. The van der Waals surface area contributed by atoms with E-state index in [1.165, 1.54) is 12.1 Å². The first-order chi connectivity index (χ1) is 12.0. The number of benzene rings is 1. The maximum absolute atomic E-state index is 13.2. The average molecular weight is 345 g/mol. The molecule has 4 nitrogen and oxygen atoms in total. The van der Waals surface area contributed by atoms with Crippen molar-refractivity contribution >= 4 is 5.91 Å². The third-order valence-corrected chi connectivity index (χ3v) is 6.30. The van der Waals surface area contributed by atoms with Gasteiger partial charge in [0, 0.05) is 51.4 Å². The zero-order valence-corrected chi connectivity index (χ0v) is 15.2. The topological polar surface area (TPSA) is 26.8 Å². The molecule has 1 amide bonds.